The minimum atomic E-state index is -0.292. The zero-order valence-corrected chi connectivity index (χ0v) is 9.87. The molecular weight excluding hydrogens is 219 g/mol. The molecule has 2 amide bonds. The van der Waals surface area contributed by atoms with Crippen molar-refractivity contribution in [3.63, 3.8) is 0 Å². The number of halogens is 1. The van der Waals surface area contributed by atoms with Crippen molar-refractivity contribution in [1.29, 1.82) is 0 Å². The van der Waals surface area contributed by atoms with E-state index in [0.717, 1.165) is 12.8 Å². The number of benzene rings is 1. The van der Waals surface area contributed by atoms with Crippen LogP contribution in [0.1, 0.15) is 25.3 Å². The van der Waals surface area contributed by atoms with E-state index in [2.05, 4.69) is 17.6 Å². The van der Waals surface area contributed by atoms with Crippen molar-refractivity contribution < 1.29 is 9.18 Å². The summed E-state index contributed by atoms with van der Waals surface area (Å²) in [6.07, 6.45) is 5.14. The average Bonchev–Trinajstić information content (AvgIpc) is 2.29. The third-order valence-corrected chi connectivity index (χ3v) is 2.15. The van der Waals surface area contributed by atoms with Gasteiger partial charge in [0.15, 0.2) is 0 Å². The molecule has 17 heavy (non-hydrogen) atoms. The predicted molar refractivity (Wildman–Crippen MR) is 66.9 cm³/mol. The second-order valence-electron chi connectivity index (χ2n) is 3.64. The van der Waals surface area contributed by atoms with Gasteiger partial charge in [0.1, 0.15) is 5.82 Å². The fourth-order valence-corrected chi connectivity index (χ4v) is 1.25. The Morgan fingerprint density at radius 3 is 3.00 bits per heavy atom. The molecule has 0 atom stereocenters. The van der Waals surface area contributed by atoms with Gasteiger partial charge in [0.05, 0.1) is 0 Å². The molecule has 2 N–H and O–H groups in total. The van der Waals surface area contributed by atoms with Gasteiger partial charge in [-0.15, -0.1) is 0 Å². The molecule has 92 valence electrons. The van der Waals surface area contributed by atoms with Crippen LogP contribution in [0.5, 0.6) is 0 Å². The van der Waals surface area contributed by atoms with Crippen molar-refractivity contribution in [3.05, 3.63) is 41.8 Å². The molecule has 0 radical (unpaired) electrons. The summed E-state index contributed by atoms with van der Waals surface area (Å²) in [5.41, 5.74) is 0.707. The van der Waals surface area contributed by atoms with E-state index in [-0.39, 0.29) is 11.8 Å². The first-order chi connectivity index (χ1) is 8.22. The van der Waals surface area contributed by atoms with E-state index in [1.165, 1.54) is 18.3 Å². The highest BCUT2D eigenvalue weighted by Crippen LogP contribution is 2.04. The monoisotopic (exact) mass is 236 g/mol. The lowest BCUT2D eigenvalue weighted by Gasteiger charge is -2.02. The summed E-state index contributed by atoms with van der Waals surface area (Å²) < 4.78 is 12.8. The van der Waals surface area contributed by atoms with Crippen LogP contribution in [0, 0.1) is 5.82 Å². The van der Waals surface area contributed by atoms with E-state index in [4.69, 9.17) is 0 Å². The fourth-order valence-electron chi connectivity index (χ4n) is 1.25. The number of urea groups is 1. The highest BCUT2D eigenvalue weighted by Gasteiger charge is 1.94. The summed E-state index contributed by atoms with van der Waals surface area (Å²) in [7, 11) is 0. The normalized spacial score (nSPS) is 10.5. The van der Waals surface area contributed by atoms with Gasteiger partial charge >= 0.3 is 6.03 Å². The lowest BCUT2D eigenvalue weighted by atomic mass is 10.2. The van der Waals surface area contributed by atoms with Gasteiger partial charge in [-0.2, -0.15) is 0 Å². The Hall–Kier alpha value is -1.84. The zero-order chi connectivity index (χ0) is 12.5. The maximum Gasteiger partial charge on any atom is 0.318 e. The third-order valence-electron chi connectivity index (χ3n) is 2.15. The average molecular weight is 236 g/mol. The van der Waals surface area contributed by atoms with Crippen LogP contribution in [-0.4, -0.2) is 12.6 Å². The second kappa shape index (κ2) is 7.44. The van der Waals surface area contributed by atoms with E-state index < -0.39 is 0 Å². The lowest BCUT2D eigenvalue weighted by Crippen LogP contribution is -2.32. The van der Waals surface area contributed by atoms with Gasteiger partial charge in [0.2, 0.25) is 0 Å². The van der Waals surface area contributed by atoms with Crippen molar-refractivity contribution in [3.8, 4) is 0 Å². The van der Waals surface area contributed by atoms with Gasteiger partial charge in [-0.25, -0.2) is 9.18 Å². The Kier molecular flexibility index (Phi) is 5.79. The van der Waals surface area contributed by atoms with Crippen molar-refractivity contribution in [2.45, 2.75) is 19.8 Å². The number of carbonyl (C=O) groups is 1. The number of amides is 2. The van der Waals surface area contributed by atoms with Crippen LogP contribution in [0.2, 0.25) is 0 Å². The highest BCUT2D eigenvalue weighted by atomic mass is 19.1. The molecule has 0 spiro atoms. The van der Waals surface area contributed by atoms with Crippen LogP contribution >= 0.6 is 0 Å². The number of hydrogen-bond donors (Lipinski definition) is 2. The topological polar surface area (TPSA) is 41.1 Å². The van der Waals surface area contributed by atoms with Crippen LogP contribution in [0.15, 0.2) is 30.5 Å². The summed E-state index contributed by atoms with van der Waals surface area (Å²) in [6, 6.07) is 5.91. The van der Waals surface area contributed by atoms with Crippen LogP contribution in [0.4, 0.5) is 9.18 Å². The van der Waals surface area contributed by atoms with Crippen molar-refractivity contribution >= 4 is 12.1 Å². The van der Waals surface area contributed by atoms with Gasteiger partial charge in [-0.05, 0) is 30.2 Å². The van der Waals surface area contributed by atoms with E-state index >= 15 is 0 Å². The molecule has 0 saturated carbocycles. The van der Waals surface area contributed by atoms with E-state index in [1.807, 2.05) is 0 Å². The number of hydrogen-bond acceptors (Lipinski definition) is 1. The van der Waals surface area contributed by atoms with Crippen LogP contribution in [0.25, 0.3) is 6.08 Å². The Morgan fingerprint density at radius 1 is 1.47 bits per heavy atom. The van der Waals surface area contributed by atoms with Crippen LogP contribution in [0.3, 0.4) is 0 Å². The highest BCUT2D eigenvalue weighted by molar-refractivity contribution is 5.75. The minimum absolute atomic E-state index is 0.244. The molecule has 4 heteroatoms. The molecule has 0 aliphatic carbocycles. The van der Waals surface area contributed by atoms with Gasteiger partial charge in [0.25, 0.3) is 0 Å². The Bertz CT molecular complexity index is 391. The largest absolute Gasteiger partial charge is 0.338 e. The molecule has 0 aliphatic rings. The van der Waals surface area contributed by atoms with Gasteiger partial charge in [-0.1, -0.05) is 25.5 Å². The maximum atomic E-state index is 12.8. The first-order valence-electron chi connectivity index (χ1n) is 5.69. The fraction of sp³-hybridized carbons (Fsp3) is 0.308. The van der Waals surface area contributed by atoms with E-state index in [1.54, 1.807) is 18.2 Å². The minimum Gasteiger partial charge on any atom is -0.338 e. The molecule has 0 bridgehead atoms. The molecule has 0 heterocycles. The molecule has 0 unspecified atom stereocenters. The SMILES string of the molecule is CCCCNC(=O)N/C=C/c1cccc(F)c1. The molecule has 3 nitrogen and oxygen atoms in total. The molecule has 1 aromatic rings. The maximum absolute atomic E-state index is 12.8. The first kappa shape index (κ1) is 13.2. The Labute approximate surface area is 101 Å². The van der Waals surface area contributed by atoms with E-state index in [0.29, 0.717) is 12.1 Å². The molecule has 1 aromatic carbocycles. The van der Waals surface area contributed by atoms with Crippen molar-refractivity contribution in [2.24, 2.45) is 0 Å². The Balaban J connectivity index is 2.32. The lowest BCUT2D eigenvalue weighted by molar-refractivity contribution is 0.244. The summed E-state index contributed by atoms with van der Waals surface area (Å²) >= 11 is 0. The summed E-state index contributed by atoms with van der Waals surface area (Å²) in [5.74, 6) is -0.292. The van der Waals surface area contributed by atoms with Gasteiger partial charge in [-0.3, -0.25) is 0 Å². The molecule has 0 aromatic heterocycles. The van der Waals surface area contributed by atoms with Gasteiger partial charge < -0.3 is 10.6 Å². The van der Waals surface area contributed by atoms with Gasteiger partial charge in [0, 0.05) is 12.7 Å². The molecule has 0 fully saturated rings. The molecule has 0 saturated heterocycles. The summed E-state index contributed by atoms with van der Waals surface area (Å²) in [5, 5.41) is 5.26. The number of nitrogens with one attached hydrogen (secondary N) is 2. The smallest absolute Gasteiger partial charge is 0.318 e. The Morgan fingerprint density at radius 2 is 2.29 bits per heavy atom. The first-order valence-corrected chi connectivity index (χ1v) is 5.69. The number of rotatable bonds is 5. The number of unbranched alkanes of at least 4 members (excludes halogenated alkanes) is 1. The quantitative estimate of drug-likeness (QED) is 0.758. The predicted octanol–water partition coefficient (Wildman–Crippen LogP) is 2.90. The standard InChI is InChI=1S/C13H17FN2O/c1-2-3-8-15-13(17)16-9-7-11-5-4-6-12(14)10-11/h4-7,9-10H,2-3,8H2,1H3,(H2,15,16,17)/b9-7+. The van der Waals surface area contributed by atoms with Crippen LogP contribution in [-0.2, 0) is 0 Å². The van der Waals surface area contributed by atoms with Crippen molar-refractivity contribution in [2.75, 3.05) is 6.54 Å². The molecular formula is C13H17FN2O. The second-order valence-corrected chi connectivity index (χ2v) is 3.64. The number of carbonyl (C=O) groups excluding carboxylic acids is 1. The summed E-state index contributed by atoms with van der Waals surface area (Å²) in [4.78, 5) is 11.2. The van der Waals surface area contributed by atoms with Crippen LogP contribution < -0.4 is 10.6 Å². The molecule has 0 aliphatic heterocycles. The molecule has 1 rings (SSSR count). The zero-order valence-electron chi connectivity index (χ0n) is 9.87. The third kappa shape index (κ3) is 5.70. The van der Waals surface area contributed by atoms with Crippen molar-refractivity contribution in [1.82, 2.24) is 10.6 Å². The summed E-state index contributed by atoms with van der Waals surface area (Å²) in [6.45, 7) is 2.72. The van der Waals surface area contributed by atoms with E-state index in [9.17, 15) is 9.18 Å².